The molecule has 90 valence electrons. The van der Waals surface area contributed by atoms with Crippen LogP contribution < -0.4 is 4.74 Å². The lowest BCUT2D eigenvalue weighted by Crippen LogP contribution is -2.25. The first-order valence-corrected chi connectivity index (χ1v) is 6.11. The first-order chi connectivity index (χ1) is 7.44. The Hall–Kier alpha value is -0.320. The number of pyridine rings is 1. The van der Waals surface area contributed by atoms with Crippen molar-refractivity contribution in [2.24, 2.45) is 0 Å². The number of halogens is 2. The highest BCUT2D eigenvalue weighted by atomic mass is 79.9. The summed E-state index contributed by atoms with van der Waals surface area (Å²) in [7, 11) is 1.69. The zero-order valence-electron chi connectivity index (χ0n) is 9.59. The lowest BCUT2D eigenvalue weighted by Gasteiger charge is -2.22. The van der Waals surface area contributed by atoms with Crippen LogP contribution in [-0.2, 0) is 4.74 Å². The quantitative estimate of drug-likeness (QED) is 0.831. The molecule has 0 aliphatic rings. The summed E-state index contributed by atoms with van der Waals surface area (Å²) in [6, 6.07) is 1.76. The average Bonchev–Trinajstić information content (AvgIpc) is 2.21. The lowest BCUT2D eigenvalue weighted by atomic mass is 10.1. The molecule has 1 rings (SSSR count). The van der Waals surface area contributed by atoms with Gasteiger partial charge in [0.05, 0.1) is 21.7 Å². The largest absolute Gasteiger partial charge is 0.477 e. The molecule has 0 radical (unpaired) electrons. The first kappa shape index (κ1) is 13.7. The van der Waals surface area contributed by atoms with Crippen LogP contribution in [0.5, 0.6) is 5.88 Å². The van der Waals surface area contributed by atoms with Crippen molar-refractivity contribution in [3.63, 3.8) is 0 Å². The molecule has 0 amide bonds. The topological polar surface area (TPSA) is 31.4 Å². The molecule has 0 spiro atoms. The van der Waals surface area contributed by atoms with Crippen LogP contribution >= 0.6 is 27.5 Å². The molecule has 1 heterocycles. The van der Waals surface area contributed by atoms with E-state index in [1.807, 2.05) is 13.8 Å². The van der Waals surface area contributed by atoms with Crippen LogP contribution in [0, 0.1) is 0 Å². The molecular formula is C11H15BrClNO2. The van der Waals surface area contributed by atoms with Gasteiger partial charge in [0.2, 0.25) is 5.88 Å². The third-order valence-corrected chi connectivity index (χ3v) is 3.04. The molecule has 0 bridgehead atoms. The standard InChI is InChI=1S/C11H15BrClNO2/c1-11(2,15-3)4-5-16-10-9(12)6-8(13)7-14-10/h6-7H,4-5H2,1-3H3. The molecule has 0 aliphatic carbocycles. The highest BCUT2D eigenvalue weighted by molar-refractivity contribution is 9.10. The minimum Gasteiger partial charge on any atom is -0.477 e. The van der Waals surface area contributed by atoms with E-state index in [2.05, 4.69) is 20.9 Å². The fraction of sp³-hybridized carbons (Fsp3) is 0.545. The van der Waals surface area contributed by atoms with E-state index in [0.29, 0.717) is 17.5 Å². The highest BCUT2D eigenvalue weighted by Gasteiger charge is 2.16. The van der Waals surface area contributed by atoms with E-state index in [1.165, 1.54) is 0 Å². The summed E-state index contributed by atoms with van der Waals surface area (Å²) in [6.45, 7) is 4.58. The number of rotatable bonds is 5. The van der Waals surface area contributed by atoms with Crippen molar-refractivity contribution < 1.29 is 9.47 Å². The zero-order valence-corrected chi connectivity index (χ0v) is 11.9. The van der Waals surface area contributed by atoms with Gasteiger partial charge in [0.15, 0.2) is 0 Å². The maximum atomic E-state index is 5.78. The van der Waals surface area contributed by atoms with Crippen molar-refractivity contribution >= 4 is 27.5 Å². The van der Waals surface area contributed by atoms with Gasteiger partial charge >= 0.3 is 0 Å². The van der Waals surface area contributed by atoms with Crippen LogP contribution in [0.15, 0.2) is 16.7 Å². The summed E-state index contributed by atoms with van der Waals surface area (Å²) in [4.78, 5) is 4.08. The van der Waals surface area contributed by atoms with Crippen molar-refractivity contribution in [2.75, 3.05) is 13.7 Å². The predicted octanol–water partition coefficient (Wildman–Crippen LogP) is 3.69. The Labute approximate surface area is 109 Å². The van der Waals surface area contributed by atoms with Gasteiger partial charge in [-0.25, -0.2) is 4.98 Å². The Morgan fingerprint density at radius 3 is 2.75 bits per heavy atom. The molecule has 5 heteroatoms. The van der Waals surface area contributed by atoms with E-state index in [0.717, 1.165) is 10.9 Å². The van der Waals surface area contributed by atoms with Gasteiger partial charge in [-0.1, -0.05) is 11.6 Å². The van der Waals surface area contributed by atoms with Crippen molar-refractivity contribution in [1.29, 1.82) is 0 Å². The van der Waals surface area contributed by atoms with Gasteiger partial charge in [0.25, 0.3) is 0 Å². The van der Waals surface area contributed by atoms with Crippen molar-refractivity contribution in [3.05, 3.63) is 21.8 Å². The number of aromatic nitrogens is 1. The summed E-state index contributed by atoms with van der Waals surface area (Å²) in [5.41, 5.74) is -0.182. The normalized spacial score (nSPS) is 11.6. The minimum absolute atomic E-state index is 0.182. The average molecular weight is 309 g/mol. The molecule has 0 aromatic carbocycles. The van der Waals surface area contributed by atoms with E-state index >= 15 is 0 Å². The van der Waals surface area contributed by atoms with Crippen molar-refractivity contribution in [2.45, 2.75) is 25.9 Å². The van der Waals surface area contributed by atoms with E-state index < -0.39 is 0 Å². The molecule has 0 atom stereocenters. The second-order valence-corrected chi connectivity index (χ2v) is 5.29. The van der Waals surface area contributed by atoms with Gasteiger partial charge < -0.3 is 9.47 Å². The maximum Gasteiger partial charge on any atom is 0.228 e. The molecule has 0 aliphatic heterocycles. The fourth-order valence-electron chi connectivity index (χ4n) is 1.00. The van der Waals surface area contributed by atoms with Gasteiger partial charge in [-0.15, -0.1) is 0 Å². The second kappa shape index (κ2) is 5.84. The third-order valence-electron chi connectivity index (χ3n) is 2.27. The van der Waals surface area contributed by atoms with Gasteiger partial charge in [-0.3, -0.25) is 0 Å². The van der Waals surface area contributed by atoms with E-state index in [-0.39, 0.29) is 5.60 Å². The summed E-state index contributed by atoms with van der Waals surface area (Å²) in [6.07, 6.45) is 2.35. The van der Waals surface area contributed by atoms with Gasteiger partial charge in [0.1, 0.15) is 0 Å². The van der Waals surface area contributed by atoms with Crippen LogP contribution in [0.3, 0.4) is 0 Å². The lowest BCUT2D eigenvalue weighted by molar-refractivity contribution is 0.00502. The molecule has 1 aromatic rings. The molecule has 0 saturated carbocycles. The molecule has 0 fully saturated rings. The summed E-state index contributed by atoms with van der Waals surface area (Å²) < 4.78 is 11.6. The van der Waals surface area contributed by atoms with Gasteiger partial charge in [0, 0.05) is 19.7 Å². The Balaban J connectivity index is 2.49. The Morgan fingerprint density at radius 2 is 2.19 bits per heavy atom. The van der Waals surface area contributed by atoms with Crippen LogP contribution in [0.4, 0.5) is 0 Å². The summed E-state index contributed by atoms with van der Waals surface area (Å²) in [5, 5.41) is 0.580. The first-order valence-electron chi connectivity index (χ1n) is 4.93. The Kier molecular flexibility index (Phi) is 5.02. The van der Waals surface area contributed by atoms with Crippen LogP contribution in [0.25, 0.3) is 0 Å². The Morgan fingerprint density at radius 1 is 1.50 bits per heavy atom. The third kappa shape index (κ3) is 4.28. The second-order valence-electron chi connectivity index (χ2n) is 4.00. The van der Waals surface area contributed by atoms with Crippen molar-refractivity contribution in [3.8, 4) is 5.88 Å². The van der Waals surface area contributed by atoms with Crippen LogP contribution in [0.1, 0.15) is 20.3 Å². The molecule has 16 heavy (non-hydrogen) atoms. The van der Waals surface area contributed by atoms with Gasteiger partial charge in [-0.2, -0.15) is 0 Å². The number of nitrogens with zero attached hydrogens (tertiary/aromatic N) is 1. The number of hydrogen-bond acceptors (Lipinski definition) is 3. The molecule has 0 saturated heterocycles. The van der Waals surface area contributed by atoms with Crippen molar-refractivity contribution in [1.82, 2.24) is 4.98 Å². The molecule has 0 N–H and O–H groups in total. The van der Waals surface area contributed by atoms with E-state index in [1.54, 1.807) is 19.4 Å². The molecule has 1 aromatic heterocycles. The number of hydrogen-bond donors (Lipinski definition) is 0. The highest BCUT2D eigenvalue weighted by Crippen LogP contribution is 2.25. The van der Waals surface area contributed by atoms with Gasteiger partial charge in [-0.05, 0) is 35.8 Å². The van der Waals surface area contributed by atoms with Crippen LogP contribution in [-0.4, -0.2) is 24.3 Å². The number of methoxy groups -OCH3 is 1. The maximum absolute atomic E-state index is 5.78. The predicted molar refractivity (Wildman–Crippen MR) is 68.1 cm³/mol. The van der Waals surface area contributed by atoms with Crippen LogP contribution in [0.2, 0.25) is 5.02 Å². The zero-order chi connectivity index (χ0) is 12.2. The Bertz CT molecular complexity index is 358. The summed E-state index contributed by atoms with van der Waals surface area (Å²) >= 11 is 9.12. The van der Waals surface area contributed by atoms with E-state index in [4.69, 9.17) is 21.1 Å². The monoisotopic (exact) mass is 307 g/mol. The summed E-state index contributed by atoms with van der Waals surface area (Å²) in [5.74, 6) is 0.552. The number of ether oxygens (including phenoxy) is 2. The minimum atomic E-state index is -0.182. The molecular weight excluding hydrogens is 293 g/mol. The fourth-order valence-corrected chi connectivity index (χ4v) is 1.76. The molecule has 0 unspecified atom stereocenters. The smallest absolute Gasteiger partial charge is 0.228 e. The SMILES string of the molecule is COC(C)(C)CCOc1ncc(Cl)cc1Br. The molecule has 3 nitrogen and oxygen atoms in total. The van der Waals surface area contributed by atoms with E-state index in [9.17, 15) is 0 Å².